The standard InChI is InChI=1S/C27H31FN4O3/c1-17(2)12-13-29-26(35)27(4)16-31-22-11-10-20(28)14-21(22)23(30-18(3)33)24(31)25(34)32(27)15-19-8-6-5-7-9-19/h5-11,14,17H,12-13,15-16H2,1-4H3,(H,29,35)(H,30,33). The molecule has 3 amide bonds. The number of aromatic nitrogens is 1. The Labute approximate surface area is 204 Å². The summed E-state index contributed by atoms with van der Waals surface area (Å²) in [6.45, 7) is 8.15. The van der Waals surface area contributed by atoms with Crippen LogP contribution in [0.5, 0.6) is 0 Å². The molecular formula is C27H31FN4O3. The Hall–Kier alpha value is -3.68. The molecule has 2 aromatic carbocycles. The third-order valence-corrected chi connectivity index (χ3v) is 6.52. The van der Waals surface area contributed by atoms with Gasteiger partial charge >= 0.3 is 0 Å². The maximum Gasteiger partial charge on any atom is 0.273 e. The minimum atomic E-state index is -1.20. The fourth-order valence-electron chi connectivity index (χ4n) is 4.63. The molecule has 1 atom stereocenters. The monoisotopic (exact) mass is 478 g/mol. The number of amides is 3. The molecular weight excluding hydrogens is 447 g/mol. The van der Waals surface area contributed by atoms with Crippen LogP contribution in [0.15, 0.2) is 48.5 Å². The van der Waals surface area contributed by atoms with Crippen LogP contribution < -0.4 is 10.6 Å². The molecule has 7 nitrogen and oxygen atoms in total. The van der Waals surface area contributed by atoms with Crippen molar-refractivity contribution in [1.29, 1.82) is 0 Å². The molecule has 35 heavy (non-hydrogen) atoms. The zero-order chi connectivity index (χ0) is 25.3. The molecule has 0 saturated heterocycles. The van der Waals surface area contributed by atoms with Crippen LogP contribution in [0, 0.1) is 11.7 Å². The SMILES string of the molecule is CC(=O)Nc1c2n(c3ccc(F)cc13)CC(C)(C(=O)NCCC(C)C)N(Cc1ccccc1)C2=O. The smallest absolute Gasteiger partial charge is 0.273 e. The van der Waals surface area contributed by atoms with Crippen molar-refractivity contribution < 1.29 is 18.8 Å². The minimum absolute atomic E-state index is 0.163. The Bertz CT molecular complexity index is 1280. The van der Waals surface area contributed by atoms with E-state index in [1.54, 1.807) is 22.5 Å². The van der Waals surface area contributed by atoms with Crippen molar-refractivity contribution in [1.82, 2.24) is 14.8 Å². The van der Waals surface area contributed by atoms with Crippen LogP contribution >= 0.6 is 0 Å². The molecule has 1 aromatic heterocycles. The lowest BCUT2D eigenvalue weighted by molar-refractivity contribution is -0.133. The van der Waals surface area contributed by atoms with E-state index in [2.05, 4.69) is 24.5 Å². The van der Waals surface area contributed by atoms with E-state index in [9.17, 15) is 18.8 Å². The van der Waals surface area contributed by atoms with Gasteiger partial charge in [-0.05, 0) is 43.0 Å². The molecule has 8 heteroatoms. The van der Waals surface area contributed by atoms with Crippen molar-refractivity contribution in [3.63, 3.8) is 0 Å². The second-order valence-corrected chi connectivity index (χ2v) is 9.74. The van der Waals surface area contributed by atoms with Gasteiger partial charge in [-0.2, -0.15) is 0 Å². The number of benzene rings is 2. The first kappa shape index (κ1) is 24.4. The van der Waals surface area contributed by atoms with Gasteiger partial charge in [-0.1, -0.05) is 44.2 Å². The second kappa shape index (κ2) is 9.52. The highest BCUT2D eigenvalue weighted by atomic mass is 19.1. The first-order chi connectivity index (χ1) is 16.6. The first-order valence-corrected chi connectivity index (χ1v) is 11.9. The Kier molecular flexibility index (Phi) is 6.65. The lowest BCUT2D eigenvalue weighted by Crippen LogP contribution is -2.63. The summed E-state index contributed by atoms with van der Waals surface area (Å²) in [4.78, 5) is 41.2. The summed E-state index contributed by atoms with van der Waals surface area (Å²) >= 11 is 0. The van der Waals surface area contributed by atoms with Crippen LogP contribution in [0.25, 0.3) is 10.9 Å². The van der Waals surface area contributed by atoms with E-state index >= 15 is 0 Å². The van der Waals surface area contributed by atoms with Crippen LogP contribution in [0.2, 0.25) is 0 Å². The molecule has 0 saturated carbocycles. The van der Waals surface area contributed by atoms with E-state index in [4.69, 9.17) is 0 Å². The Balaban J connectivity index is 1.86. The lowest BCUT2D eigenvalue weighted by Gasteiger charge is -2.44. The van der Waals surface area contributed by atoms with Gasteiger partial charge < -0.3 is 20.1 Å². The maximum atomic E-state index is 14.2. The van der Waals surface area contributed by atoms with E-state index in [1.165, 1.54) is 19.1 Å². The Morgan fingerprint density at radius 2 is 1.86 bits per heavy atom. The zero-order valence-corrected chi connectivity index (χ0v) is 20.5. The number of hydrogen-bond acceptors (Lipinski definition) is 3. The number of nitrogens with one attached hydrogen (secondary N) is 2. The summed E-state index contributed by atoms with van der Waals surface area (Å²) < 4.78 is 15.9. The van der Waals surface area contributed by atoms with Crippen LogP contribution in [-0.2, 0) is 22.7 Å². The molecule has 0 radical (unpaired) electrons. The molecule has 1 unspecified atom stereocenters. The van der Waals surface area contributed by atoms with Gasteiger partial charge in [0.1, 0.15) is 17.1 Å². The van der Waals surface area contributed by atoms with Gasteiger partial charge in [-0.25, -0.2) is 4.39 Å². The van der Waals surface area contributed by atoms with Crippen LogP contribution in [0.4, 0.5) is 10.1 Å². The minimum Gasteiger partial charge on any atom is -0.354 e. The normalized spacial score (nSPS) is 17.5. The average molecular weight is 479 g/mol. The zero-order valence-electron chi connectivity index (χ0n) is 20.5. The van der Waals surface area contributed by atoms with E-state index in [0.717, 1.165) is 12.0 Å². The quantitative estimate of drug-likeness (QED) is 0.531. The van der Waals surface area contributed by atoms with Crippen molar-refractivity contribution in [2.45, 2.75) is 52.7 Å². The summed E-state index contributed by atoms with van der Waals surface area (Å²) in [6.07, 6.45) is 0.818. The van der Waals surface area contributed by atoms with Gasteiger partial charge in [0.15, 0.2) is 0 Å². The third-order valence-electron chi connectivity index (χ3n) is 6.52. The van der Waals surface area contributed by atoms with Crippen molar-refractivity contribution in [2.24, 2.45) is 5.92 Å². The van der Waals surface area contributed by atoms with Crippen LogP contribution in [-0.4, -0.2) is 39.3 Å². The predicted molar refractivity (Wildman–Crippen MR) is 133 cm³/mol. The number of rotatable bonds is 7. The van der Waals surface area contributed by atoms with Gasteiger partial charge in [-0.3, -0.25) is 14.4 Å². The highest BCUT2D eigenvalue weighted by Gasteiger charge is 2.48. The van der Waals surface area contributed by atoms with Gasteiger partial charge in [-0.15, -0.1) is 0 Å². The summed E-state index contributed by atoms with van der Waals surface area (Å²) in [6, 6.07) is 13.7. The van der Waals surface area contributed by atoms with Crippen molar-refractivity contribution in [3.05, 3.63) is 65.6 Å². The van der Waals surface area contributed by atoms with Crippen molar-refractivity contribution in [3.8, 4) is 0 Å². The number of fused-ring (bicyclic) bond motifs is 3. The molecule has 0 aliphatic carbocycles. The molecule has 1 aliphatic rings. The number of nitrogens with zero attached hydrogens (tertiary/aromatic N) is 2. The highest BCUT2D eigenvalue weighted by molar-refractivity contribution is 6.14. The molecule has 2 heterocycles. The van der Waals surface area contributed by atoms with E-state index in [0.29, 0.717) is 23.4 Å². The number of halogens is 1. The second-order valence-electron chi connectivity index (χ2n) is 9.74. The predicted octanol–water partition coefficient (Wildman–Crippen LogP) is 4.32. The van der Waals surface area contributed by atoms with Crippen LogP contribution in [0.1, 0.15) is 50.2 Å². The number of carbonyl (C=O) groups is 3. The maximum absolute atomic E-state index is 14.2. The average Bonchev–Trinajstić information content (AvgIpc) is 3.08. The topological polar surface area (TPSA) is 83.4 Å². The molecule has 3 aromatic rings. The molecule has 184 valence electrons. The molecule has 2 N–H and O–H groups in total. The third kappa shape index (κ3) is 4.65. The molecule has 1 aliphatic heterocycles. The van der Waals surface area contributed by atoms with Gasteiger partial charge in [0.2, 0.25) is 11.8 Å². The molecule has 0 spiro atoms. The molecule has 0 fully saturated rings. The number of anilines is 1. The number of carbonyl (C=O) groups excluding carboxylic acids is 3. The van der Waals surface area contributed by atoms with Gasteiger partial charge in [0.05, 0.1) is 17.7 Å². The summed E-state index contributed by atoms with van der Waals surface area (Å²) in [5, 5.41) is 6.16. The first-order valence-electron chi connectivity index (χ1n) is 11.9. The molecule has 4 rings (SSSR count). The fraction of sp³-hybridized carbons (Fsp3) is 0.370. The van der Waals surface area contributed by atoms with E-state index in [-0.39, 0.29) is 36.3 Å². The van der Waals surface area contributed by atoms with Crippen molar-refractivity contribution in [2.75, 3.05) is 11.9 Å². The van der Waals surface area contributed by atoms with E-state index < -0.39 is 17.3 Å². The van der Waals surface area contributed by atoms with Gasteiger partial charge in [0, 0.05) is 25.4 Å². The largest absolute Gasteiger partial charge is 0.354 e. The van der Waals surface area contributed by atoms with Gasteiger partial charge in [0.25, 0.3) is 5.91 Å². The number of hydrogen-bond donors (Lipinski definition) is 2. The Morgan fingerprint density at radius 3 is 2.51 bits per heavy atom. The fourth-order valence-corrected chi connectivity index (χ4v) is 4.63. The van der Waals surface area contributed by atoms with Crippen molar-refractivity contribution >= 4 is 34.3 Å². The summed E-state index contributed by atoms with van der Waals surface area (Å²) in [7, 11) is 0. The van der Waals surface area contributed by atoms with E-state index in [1.807, 2.05) is 30.3 Å². The highest BCUT2D eigenvalue weighted by Crippen LogP contribution is 2.39. The van der Waals surface area contributed by atoms with Crippen LogP contribution in [0.3, 0.4) is 0 Å². The summed E-state index contributed by atoms with van der Waals surface area (Å²) in [5.41, 5.74) is 0.754. The summed E-state index contributed by atoms with van der Waals surface area (Å²) in [5.74, 6) is -1.08. The Morgan fingerprint density at radius 1 is 1.14 bits per heavy atom. The molecule has 0 bridgehead atoms. The lowest BCUT2D eigenvalue weighted by atomic mass is 9.93.